The maximum atomic E-state index is 11.8. The molecule has 0 aliphatic heterocycles. The Hall–Kier alpha value is -0.940. The minimum atomic E-state index is -1.79. The highest BCUT2D eigenvalue weighted by molar-refractivity contribution is 6.07. The minimum absolute atomic E-state index is 0.00384. The molecule has 0 bridgehead atoms. The molecule has 0 amide bonds. The third-order valence-electron chi connectivity index (χ3n) is 2.93. The highest BCUT2D eigenvalue weighted by Gasteiger charge is 2.40. The number of carboxylic acids is 1. The second-order valence-corrected chi connectivity index (χ2v) is 4.40. The maximum Gasteiger partial charge on any atom is 0.331 e. The van der Waals surface area contributed by atoms with Crippen molar-refractivity contribution in [2.45, 2.75) is 57.4 Å². The van der Waals surface area contributed by atoms with Crippen LogP contribution in [0.5, 0.6) is 0 Å². The zero-order valence-corrected chi connectivity index (χ0v) is 10.6. The molecule has 1 atom stereocenters. The van der Waals surface area contributed by atoms with E-state index in [1.54, 1.807) is 0 Å². The number of carbonyl (C=O) groups is 2. The van der Waals surface area contributed by atoms with Crippen LogP contribution in [0.25, 0.3) is 0 Å². The Labute approximate surface area is 103 Å². The molecule has 5 heteroatoms. The molecule has 0 aliphatic carbocycles. The summed E-state index contributed by atoms with van der Waals surface area (Å²) in [6.07, 6.45) is 5.22. The Morgan fingerprint density at radius 2 is 1.76 bits per heavy atom. The van der Waals surface area contributed by atoms with Crippen LogP contribution >= 0.6 is 0 Å². The van der Waals surface area contributed by atoms with Gasteiger partial charge in [-0.25, -0.2) is 4.79 Å². The molecule has 0 heterocycles. The van der Waals surface area contributed by atoms with Crippen molar-refractivity contribution in [3.63, 3.8) is 0 Å². The first-order valence-electron chi connectivity index (χ1n) is 6.24. The second-order valence-electron chi connectivity index (χ2n) is 4.40. The number of ketones is 1. The summed E-state index contributed by atoms with van der Waals surface area (Å²) in [5, 5.41) is 8.97. The monoisotopic (exact) mass is 244 g/mol. The summed E-state index contributed by atoms with van der Waals surface area (Å²) in [5.74, 6) is -1.69. The van der Waals surface area contributed by atoms with E-state index in [2.05, 4.69) is 6.92 Å². The molecule has 17 heavy (non-hydrogen) atoms. The zero-order chi connectivity index (χ0) is 13.3. The summed E-state index contributed by atoms with van der Waals surface area (Å²) < 4.78 is 0. The standard InChI is InChI=1S/C12H24N2O3/c1-2-3-4-5-6-7-10(15)12(14,8-9-13)11(16)17/h2-9,13-14H2,1H3,(H,16,17). The Kier molecular flexibility index (Phi) is 7.74. The molecule has 0 saturated carbocycles. The average molecular weight is 244 g/mol. The molecule has 1 unspecified atom stereocenters. The van der Waals surface area contributed by atoms with E-state index in [1.165, 1.54) is 0 Å². The summed E-state index contributed by atoms with van der Waals surface area (Å²) in [4.78, 5) is 22.8. The third-order valence-corrected chi connectivity index (χ3v) is 2.93. The number of rotatable bonds is 10. The first-order valence-corrected chi connectivity index (χ1v) is 6.24. The fourth-order valence-corrected chi connectivity index (χ4v) is 1.71. The number of nitrogens with two attached hydrogens (primary N) is 2. The van der Waals surface area contributed by atoms with Crippen molar-refractivity contribution >= 4 is 11.8 Å². The van der Waals surface area contributed by atoms with Crippen LogP contribution in [0, 0.1) is 0 Å². The van der Waals surface area contributed by atoms with Gasteiger partial charge in [0, 0.05) is 6.42 Å². The molecule has 0 radical (unpaired) electrons. The summed E-state index contributed by atoms with van der Waals surface area (Å²) in [5.41, 5.74) is 9.10. The summed E-state index contributed by atoms with van der Waals surface area (Å²) >= 11 is 0. The topological polar surface area (TPSA) is 106 Å². The van der Waals surface area contributed by atoms with Gasteiger partial charge in [0.2, 0.25) is 0 Å². The number of unbranched alkanes of at least 4 members (excludes halogenated alkanes) is 4. The quantitative estimate of drug-likeness (QED) is 0.393. The molecular weight excluding hydrogens is 220 g/mol. The SMILES string of the molecule is CCCCCCCC(=O)C(N)(CCN)C(=O)O. The minimum Gasteiger partial charge on any atom is -0.480 e. The van der Waals surface area contributed by atoms with Crippen molar-refractivity contribution in [3.05, 3.63) is 0 Å². The normalized spacial score (nSPS) is 14.3. The van der Waals surface area contributed by atoms with E-state index in [1.807, 2.05) is 0 Å². The lowest BCUT2D eigenvalue weighted by Crippen LogP contribution is -2.56. The van der Waals surface area contributed by atoms with E-state index in [-0.39, 0.29) is 19.4 Å². The van der Waals surface area contributed by atoms with Crippen molar-refractivity contribution < 1.29 is 14.7 Å². The van der Waals surface area contributed by atoms with Crippen LogP contribution in [-0.4, -0.2) is 28.9 Å². The van der Waals surface area contributed by atoms with Crippen molar-refractivity contribution in [2.75, 3.05) is 6.54 Å². The Morgan fingerprint density at radius 1 is 1.18 bits per heavy atom. The van der Waals surface area contributed by atoms with Gasteiger partial charge in [-0.1, -0.05) is 32.6 Å². The van der Waals surface area contributed by atoms with Crippen molar-refractivity contribution in [3.8, 4) is 0 Å². The predicted octanol–water partition coefficient (Wildman–Crippen LogP) is 1.05. The fraction of sp³-hybridized carbons (Fsp3) is 0.833. The molecule has 100 valence electrons. The number of carbonyl (C=O) groups excluding carboxylic acids is 1. The number of Topliss-reactive ketones (excluding diaryl/α,β-unsaturated/α-hetero) is 1. The molecule has 0 aromatic heterocycles. The number of carboxylic acid groups (broad SMARTS) is 1. The van der Waals surface area contributed by atoms with Crippen LogP contribution in [0.15, 0.2) is 0 Å². The predicted molar refractivity (Wildman–Crippen MR) is 66.6 cm³/mol. The third kappa shape index (κ3) is 5.28. The highest BCUT2D eigenvalue weighted by Crippen LogP contribution is 2.14. The Balaban J connectivity index is 4.12. The molecule has 0 rings (SSSR count). The van der Waals surface area contributed by atoms with Crippen LogP contribution in [0.2, 0.25) is 0 Å². The molecule has 5 nitrogen and oxygen atoms in total. The Morgan fingerprint density at radius 3 is 2.24 bits per heavy atom. The van der Waals surface area contributed by atoms with Gasteiger partial charge in [-0.05, 0) is 19.4 Å². The lowest BCUT2D eigenvalue weighted by molar-refractivity contribution is -0.148. The van der Waals surface area contributed by atoms with Crippen LogP contribution < -0.4 is 11.5 Å². The van der Waals surface area contributed by atoms with E-state index in [0.29, 0.717) is 6.42 Å². The van der Waals surface area contributed by atoms with Crippen LogP contribution in [0.3, 0.4) is 0 Å². The van der Waals surface area contributed by atoms with E-state index < -0.39 is 17.3 Å². The molecule has 0 aromatic rings. The van der Waals surface area contributed by atoms with E-state index in [4.69, 9.17) is 16.6 Å². The van der Waals surface area contributed by atoms with Crippen molar-refractivity contribution in [1.82, 2.24) is 0 Å². The summed E-state index contributed by atoms with van der Waals surface area (Å²) in [6.45, 7) is 2.21. The van der Waals surface area contributed by atoms with Gasteiger partial charge in [-0.3, -0.25) is 4.79 Å². The van der Waals surface area contributed by atoms with Crippen LogP contribution in [0.1, 0.15) is 51.9 Å². The van der Waals surface area contributed by atoms with E-state index >= 15 is 0 Å². The number of hydrogen-bond donors (Lipinski definition) is 3. The summed E-state index contributed by atoms with van der Waals surface area (Å²) in [6, 6.07) is 0. The molecule has 5 N–H and O–H groups in total. The van der Waals surface area contributed by atoms with Gasteiger partial charge in [0.25, 0.3) is 0 Å². The molecular formula is C12H24N2O3. The highest BCUT2D eigenvalue weighted by atomic mass is 16.4. The van der Waals surface area contributed by atoms with Crippen LogP contribution in [-0.2, 0) is 9.59 Å². The molecule has 0 aromatic carbocycles. The molecule has 0 fully saturated rings. The zero-order valence-electron chi connectivity index (χ0n) is 10.6. The van der Waals surface area contributed by atoms with Crippen molar-refractivity contribution in [2.24, 2.45) is 11.5 Å². The molecule has 0 spiro atoms. The van der Waals surface area contributed by atoms with Crippen LogP contribution in [0.4, 0.5) is 0 Å². The van der Waals surface area contributed by atoms with Gasteiger partial charge >= 0.3 is 5.97 Å². The van der Waals surface area contributed by atoms with Gasteiger partial charge in [-0.15, -0.1) is 0 Å². The molecule has 0 saturated heterocycles. The molecule has 0 aliphatic rings. The maximum absolute atomic E-state index is 11.8. The Bertz CT molecular complexity index is 256. The lowest BCUT2D eigenvalue weighted by atomic mass is 9.88. The smallest absolute Gasteiger partial charge is 0.331 e. The first-order chi connectivity index (χ1) is 7.99. The number of aliphatic carboxylic acids is 1. The average Bonchev–Trinajstić information content (AvgIpc) is 2.28. The first kappa shape index (κ1) is 16.1. The van der Waals surface area contributed by atoms with E-state index in [0.717, 1.165) is 25.7 Å². The largest absolute Gasteiger partial charge is 0.480 e. The number of hydrogen-bond acceptors (Lipinski definition) is 4. The van der Waals surface area contributed by atoms with Gasteiger partial charge in [-0.2, -0.15) is 0 Å². The second kappa shape index (κ2) is 8.20. The lowest BCUT2D eigenvalue weighted by Gasteiger charge is -2.22. The summed E-state index contributed by atoms with van der Waals surface area (Å²) in [7, 11) is 0. The fourth-order valence-electron chi connectivity index (χ4n) is 1.71. The van der Waals surface area contributed by atoms with E-state index in [9.17, 15) is 9.59 Å². The van der Waals surface area contributed by atoms with Gasteiger partial charge in [0.1, 0.15) is 0 Å². The van der Waals surface area contributed by atoms with Gasteiger partial charge in [0.15, 0.2) is 11.3 Å². The van der Waals surface area contributed by atoms with Crippen molar-refractivity contribution in [1.29, 1.82) is 0 Å². The van der Waals surface area contributed by atoms with Gasteiger partial charge in [0.05, 0.1) is 0 Å². The van der Waals surface area contributed by atoms with Gasteiger partial charge < -0.3 is 16.6 Å².